The third-order valence-electron chi connectivity index (χ3n) is 4.39. The van der Waals surface area contributed by atoms with Gasteiger partial charge in [0.05, 0.1) is 0 Å². The van der Waals surface area contributed by atoms with E-state index in [0.29, 0.717) is 12.1 Å². The molecular weight excluding hydrogens is 376 g/mol. The number of halogens is 2. The van der Waals surface area contributed by atoms with Gasteiger partial charge in [0.25, 0.3) is 0 Å². The summed E-state index contributed by atoms with van der Waals surface area (Å²) in [6.45, 7) is 8.56. The first-order valence-corrected chi connectivity index (χ1v) is 12.1. The number of hydrogen-bond donors (Lipinski definition) is 5. The van der Waals surface area contributed by atoms with Crippen LogP contribution in [0.3, 0.4) is 0 Å². The van der Waals surface area contributed by atoms with Crippen molar-refractivity contribution in [2.75, 3.05) is 52.4 Å². The molecular formula is C15H33Cl2MnN5. The van der Waals surface area contributed by atoms with Crippen molar-refractivity contribution in [2.24, 2.45) is 0 Å². The van der Waals surface area contributed by atoms with E-state index >= 15 is 0 Å². The first-order chi connectivity index (χ1) is 11.4. The second-order valence-electron chi connectivity index (χ2n) is 6.06. The number of rotatable bonds is 0. The van der Waals surface area contributed by atoms with Gasteiger partial charge < -0.3 is 26.6 Å². The number of hydrogen-bond acceptors (Lipinski definition) is 5. The Balaban J connectivity index is 0.000000816. The molecule has 0 amide bonds. The Morgan fingerprint density at radius 1 is 0.565 bits per heavy atom. The van der Waals surface area contributed by atoms with E-state index in [9.17, 15) is 0 Å². The SMILES string of the molecule is C1CC[C@H]2NCCNCCNCCNCCN[C@@H]2CC1.[Cl][Mn][Cl]. The monoisotopic (exact) mass is 408 g/mol. The molecule has 0 unspecified atom stereocenters. The first kappa shape index (κ1) is 21.9. The Morgan fingerprint density at radius 2 is 0.913 bits per heavy atom. The average molecular weight is 409 g/mol. The van der Waals surface area contributed by atoms with Crippen LogP contribution in [0.2, 0.25) is 0 Å². The Morgan fingerprint density at radius 3 is 1.30 bits per heavy atom. The molecule has 0 aromatic heterocycles. The maximum absolute atomic E-state index is 4.80. The summed E-state index contributed by atoms with van der Waals surface area (Å²) in [6, 6.07) is 1.31. The molecule has 5 nitrogen and oxygen atoms in total. The van der Waals surface area contributed by atoms with Gasteiger partial charge in [-0.1, -0.05) is 19.3 Å². The first-order valence-electron chi connectivity index (χ1n) is 8.84. The fourth-order valence-electron chi connectivity index (χ4n) is 3.22. The molecule has 2 rings (SSSR count). The van der Waals surface area contributed by atoms with Gasteiger partial charge in [-0.2, -0.15) is 0 Å². The number of fused-ring (bicyclic) bond motifs is 1. The van der Waals surface area contributed by atoms with Gasteiger partial charge in [0.1, 0.15) is 0 Å². The second kappa shape index (κ2) is 16.4. The molecule has 139 valence electrons. The van der Waals surface area contributed by atoms with Gasteiger partial charge in [-0.3, -0.25) is 0 Å². The summed E-state index contributed by atoms with van der Waals surface area (Å²) < 4.78 is 0. The summed E-state index contributed by atoms with van der Waals surface area (Å²) in [5.74, 6) is 0. The van der Waals surface area contributed by atoms with Crippen LogP contribution in [0.5, 0.6) is 0 Å². The van der Waals surface area contributed by atoms with Gasteiger partial charge >= 0.3 is 33.3 Å². The van der Waals surface area contributed by atoms with Crippen molar-refractivity contribution in [3.63, 3.8) is 0 Å². The van der Waals surface area contributed by atoms with Crippen molar-refractivity contribution in [1.29, 1.82) is 0 Å². The molecule has 1 aliphatic carbocycles. The molecule has 8 heteroatoms. The van der Waals surface area contributed by atoms with E-state index in [4.69, 9.17) is 20.2 Å². The minimum atomic E-state index is 0.00694. The van der Waals surface area contributed by atoms with Crippen LogP contribution in [-0.2, 0) is 13.1 Å². The predicted octanol–water partition coefficient (Wildman–Crippen LogP) is 1.03. The van der Waals surface area contributed by atoms with Gasteiger partial charge in [-0.05, 0) is 12.8 Å². The van der Waals surface area contributed by atoms with E-state index < -0.39 is 0 Å². The molecule has 0 aromatic carbocycles. The molecule has 1 heterocycles. The van der Waals surface area contributed by atoms with Gasteiger partial charge in [-0.25, -0.2) is 0 Å². The fraction of sp³-hybridized carbons (Fsp3) is 1.00. The second-order valence-corrected chi connectivity index (χ2v) is 8.01. The summed E-state index contributed by atoms with van der Waals surface area (Å²) in [4.78, 5) is 0. The molecule has 1 saturated heterocycles. The van der Waals surface area contributed by atoms with Crippen LogP contribution in [0.25, 0.3) is 0 Å². The van der Waals surface area contributed by atoms with Crippen molar-refractivity contribution in [1.82, 2.24) is 26.6 Å². The fourth-order valence-corrected chi connectivity index (χ4v) is 3.22. The van der Waals surface area contributed by atoms with Crippen LogP contribution in [0, 0.1) is 0 Å². The Bertz CT molecular complexity index is 242. The van der Waals surface area contributed by atoms with Gasteiger partial charge in [-0.15, -0.1) is 0 Å². The molecule has 2 aliphatic rings. The third kappa shape index (κ3) is 12.0. The van der Waals surface area contributed by atoms with Crippen LogP contribution < -0.4 is 26.6 Å². The zero-order valence-electron chi connectivity index (χ0n) is 14.0. The Labute approximate surface area is 156 Å². The van der Waals surface area contributed by atoms with E-state index in [-0.39, 0.29) is 13.1 Å². The van der Waals surface area contributed by atoms with E-state index in [1.54, 1.807) is 0 Å². The Hall–Kier alpha value is 0.899. The van der Waals surface area contributed by atoms with Crippen molar-refractivity contribution in [3.05, 3.63) is 0 Å². The summed E-state index contributed by atoms with van der Waals surface area (Å²) in [6.07, 6.45) is 6.81. The predicted molar refractivity (Wildman–Crippen MR) is 97.0 cm³/mol. The van der Waals surface area contributed by atoms with Gasteiger partial charge in [0, 0.05) is 64.4 Å². The van der Waals surface area contributed by atoms with Crippen molar-refractivity contribution in [2.45, 2.75) is 44.2 Å². The topological polar surface area (TPSA) is 60.1 Å². The minimum absolute atomic E-state index is 0.00694. The van der Waals surface area contributed by atoms with Gasteiger partial charge in [0.2, 0.25) is 0 Å². The zero-order chi connectivity index (χ0) is 16.6. The van der Waals surface area contributed by atoms with Gasteiger partial charge in [0.15, 0.2) is 0 Å². The zero-order valence-corrected chi connectivity index (χ0v) is 16.7. The molecule has 0 aromatic rings. The van der Waals surface area contributed by atoms with Crippen LogP contribution in [-0.4, -0.2) is 64.4 Å². The van der Waals surface area contributed by atoms with Crippen LogP contribution in [0.4, 0.5) is 0 Å². The molecule has 1 aliphatic heterocycles. The quantitative estimate of drug-likeness (QED) is 0.387. The maximum atomic E-state index is 4.80. The summed E-state index contributed by atoms with van der Waals surface area (Å²) in [7, 11) is 9.59. The van der Waals surface area contributed by atoms with E-state index in [0.717, 1.165) is 52.4 Å². The van der Waals surface area contributed by atoms with Crippen molar-refractivity contribution >= 4 is 20.2 Å². The standard InChI is InChI=1S/C15H33N5.2ClH.Mn/c1-2-4-14-15(5-3-1)20-13-11-18-9-7-16-6-8-17-10-12-19-14;;;/h14-20H,1-13H2;2*1H;/q;;;+2/p-2/t14-,15-;;;/m1.../s1. The molecule has 0 spiro atoms. The third-order valence-corrected chi connectivity index (χ3v) is 4.39. The average Bonchev–Trinajstić information content (AvgIpc) is 2.77. The van der Waals surface area contributed by atoms with Crippen LogP contribution in [0.1, 0.15) is 32.1 Å². The van der Waals surface area contributed by atoms with Crippen molar-refractivity contribution < 1.29 is 13.1 Å². The molecule has 5 N–H and O–H groups in total. The molecule has 0 bridgehead atoms. The van der Waals surface area contributed by atoms with E-state index in [1.165, 1.54) is 32.1 Å². The van der Waals surface area contributed by atoms with E-state index in [2.05, 4.69) is 26.6 Å². The molecule has 2 atom stereocenters. The Kier molecular flexibility index (Phi) is 15.6. The summed E-state index contributed by atoms with van der Waals surface area (Å²) in [5, 5.41) is 18.0. The molecule has 0 radical (unpaired) electrons. The number of nitrogens with one attached hydrogen (secondary N) is 5. The van der Waals surface area contributed by atoms with E-state index in [1.807, 2.05) is 0 Å². The molecule has 2 fully saturated rings. The summed E-state index contributed by atoms with van der Waals surface area (Å²) >= 11 is 0.00694. The molecule has 23 heavy (non-hydrogen) atoms. The molecule has 1 saturated carbocycles. The van der Waals surface area contributed by atoms with Crippen LogP contribution >= 0.6 is 20.2 Å². The van der Waals surface area contributed by atoms with Crippen molar-refractivity contribution in [3.8, 4) is 0 Å². The normalized spacial score (nSPS) is 29.0. The van der Waals surface area contributed by atoms with Crippen LogP contribution in [0.15, 0.2) is 0 Å². The summed E-state index contributed by atoms with van der Waals surface area (Å²) in [5.41, 5.74) is 0.